The summed E-state index contributed by atoms with van der Waals surface area (Å²) in [5.41, 5.74) is 4.72. The summed E-state index contributed by atoms with van der Waals surface area (Å²) in [4.78, 5) is 16.1. The predicted molar refractivity (Wildman–Crippen MR) is 65.2 cm³/mol. The van der Waals surface area contributed by atoms with Crippen LogP contribution in [-0.2, 0) is 11.2 Å². The number of nitrogens with zero attached hydrogens (tertiary/aromatic N) is 1. The highest BCUT2D eigenvalue weighted by Gasteiger charge is 2.21. The Morgan fingerprint density at radius 3 is 2.88 bits per heavy atom. The molecule has 1 aromatic heterocycles. The van der Waals surface area contributed by atoms with E-state index in [4.69, 9.17) is 4.74 Å². The van der Waals surface area contributed by atoms with Crippen molar-refractivity contribution in [2.24, 2.45) is 0 Å². The molecule has 0 saturated carbocycles. The molecule has 2 aromatic rings. The van der Waals surface area contributed by atoms with Gasteiger partial charge in [0.15, 0.2) is 5.69 Å². The maximum absolute atomic E-state index is 11.6. The van der Waals surface area contributed by atoms with E-state index in [2.05, 4.69) is 24.0 Å². The predicted octanol–water partition coefficient (Wildman–Crippen LogP) is 2.56. The van der Waals surface area contributed by atoms with Gasteiger partial charge in [-0.3, -0.25) is 0 Å². The van der Waals surface area contributed by atoms with Crippen molar-refractivity contribution in [2.75, 3.05) is 6.61 Å². The highest BCUT2D eigenvalue weighted by molar-refractivity contribution is 5.94. The number of cyclic esters (lactones) is 1. The first-order chi connectivity index (χ1) is 8.15. The molecule has 0 N–H and O–H groups in total. The van der Waals surface area contributed by atoms with Gasteiger partial charge < -0.3 is 4.74 Å². The molecule has 3 heteroatoms. The first-order valence-corrected chi connectivity index (χ1v) is 5.73. The topological polar surface area (TPSA) is 39.2 Å². The van der Waals surface area contributed by atoms with Crippen LogP contribution < -0.4 is 0 Å². The van der Waals surface area contributed by atoms with E-state index < -0.39 is 0 Å². The van der Waals surface area contributed by atoms with Crippen molar-refractivity contribution in [2.45, 2.75) is 20.3 Å². The molecule has 0 saturated heterocycles. The first kappa shape index (κ1) is 10.3. The monoisotopic (exact) mass is 227 g/mol. The number of aryl methyl sites for hydroxylation is 2. The summed E-state index contributed by atoms with van der Waals surface area (Å²) >= 11 is 0. The Bertz CT molecular complexity index is 632. The van der Waals surface area contributed by atoms with Gasteiger partial charge in [-0.25, -0.2) is 9.78 Å². The summed E-state index contributed by atoms with van der Waals surface area (Å²) in [7, 11) is 0. The van der Waals surface area contributed by atoms with Gasteiger partial charge in [-0.2, -0.15) is 0 Å². The van der Waals surface area contributed by atoms with E-state index in [1.54, 1.807) is 0 Å². The fourth-order valence-corrected chi connectivity index (χ4v) is 2.36. The van der Waals surface area contributed by atoms with Crippen LogP contribution in [0.5, 0.6) is 0 Å². The maximum Gasteiger partial charge on any atom is 0.357 e. The number of fused-ring (bicyclic) bond motifs is 2. The van der Waals surface area contributed by atoms with Gasteiger partial charge in [-0.05, 0) is 42.7 Å². The molecule has 0 bridgehead atoms. The number of hydrogen-bond donors (Lipinski definition) is 0. The van der Waals surface area contributed by atoms with Crippen molar-refractivity contribution in [3.05, 3.63) is 40.6 Å². The van der Waals surface area contributed by atoms with E-state index in [0.717, 1.165) is 28.5 Å². The van der Waals surface area contributed by atoms with E-state index in [1.807, 2.05) is 13.0 Å². The minimum absolute atomic E-state index is 0.299. The van der Waals surface area contributed by atoms with Gasteiger partial charge in [-0.15, -0.1) is 0 Å². The van der Waals surface area contributed by atoms with Gasteiger partial charge in [0.05, 0.1) is 12.1 Å². The molecule has 2 heterocycles. The standard InChI is InChI=1S/C14H13NO2/c1-8-5-9(2)11-7-10-3-4-17-14(16)13(10)15-12(11)6-8/h5-7H,3-4H2,1-2H3. The third-order valence-electron chi connectivity index (χ3n) is 3.16. The summed E-state index contributed by atoms with van der Waals surface area (Å²) < 4.78 is 5.01. The number of ether oxygens (including phenoxy) is 1. The number of pyridine rings is 1. The van der Waals surface area contributed by atoms with Crippen LogP contribution in [0.15, 0.2) is 18.2 Å². The fourth-order valence-electron chi connectivity index (χ4n) is 2.36. The van der Waals surface area contributed by atoms with E-state index in [9.17, 15) is 4.79 Å². The molecule has 17 heavy (non-hydrogen) atoms. The van der Waals surface area contributed by atoms with Gasteiger partial charge in [0, 0.05) is 11.8 Å². The molecule has 0 aliphatic carbocycles. The molecule has 86 valence electrons. The molecule has 3 nitrogen and oxygen atoms in total. The lowest BCUT2D eigenvalue weighted by Crippen LogP contribution is -2.19. The number of rotatable bonds is 0. The summed E-state index contributed by atoms with van der Waals surface area (Å²) in [5.74, 6) is -0.299. The molecule has 1 aliphatic heterocycles. The first-order valence-electron chi connectivity index (χ1n) is 5.73. The minimum atomic E-state index is -0.299. The average molecular weight is 227 g/mol. The molecular formula is C14H13NO2. The summed E-state index contributed by atoms with van der Waals surface area (Å²) in [6.07, 6.45) is 0.761. The smallest absolute Gasteiger partial charge is 0.357 e. The Balaban J connectivity index is 2.35. The zero-order valence-electron chi connectivity index (χ0n) is 9.91. The van der Waals surface area contributed by atoms with Crippen molar-refractivity contribution in [3.8, 4) is 0 Å². The van der Waals surface area contributed by atoms with Crippen molar-refractivity contribution >= 4 is 16.9 Å². The zero-order valence-corrected chi connectivity index (χ0v) is 9.91. The van der Waals surface area contributed by atoms with E-state index >= 15 is 0 Å². The number of benzene rings is 1. The third-order valence-corrected chi connectivity index (χ3v) is 3.16. The van der Waals surface area contributed by atoms with Crippen LogP contribution in [0, 0.1) is 13.8 Å². The number of aromatic nitrogens is 1. The van der Waals surface area contributed by atoms with Gasteiger partial charge in [0.25, 0.3) is 0 Å². The van der Waals surface area contributed by atoms with E-state index in [1.165, 1.54) is 5.56 Å². The van der Waals surface area contributed by atoms with E-state index in [0.29, 0.717) is 12.3 Å². The number of hydrogen-bond acceptors (Lipinski definition) is 3. The van der Waals surface area contributed by atoms with Crippen LogP contribution in [0.1, 0.15) is 27.2 Å². The van der Waals surface area contributed by atoms with Crippen LogP contribution in [0.2, 0.25) is 0 Å². The molecule has 0 fully saturated rings. The lowest BCUT2D eigenvalue weighted by molar-refractivity contribution is 0.0472. The van der Waals surface area contributed by atoms with Gasteiger partial charge in [0.1, 0.15) is 0 Å². The molecular weight excluding hydrogens is 214 g/mol. The Morgan fingerprint density at radius 2 is 2.06 bits per heavy atom. The minimum Gasteiger partial charge on any atom is -0.461 e. The number of carbonyl (C=O) groups is 1. The van der Waals surface area contributed by atoms with Crippen LogP contribution >= 0.6 is 0 Å². The molecule has 0 radical (unpaired) electrons. The maximum atomic E-state index is 11.6. The molecule has 0 atom stereocenters. The number of carbonyl (C=O) groups excluding carboxylic acids is 1. The van der Waals surface area contributed by atoms with Gasteiger partial charge in [-0.1, -0.05) is 6.07 Å². The van der Waals surface area contributed by atoms with Gasteiger partial charge >= 0.3 is 5.97 Å². The molecule has 0 amide bonds. The number of esters is 1. The zero-order chi connectivity index (χ0) is 12.0. The van der Waals surface area contributed by atoms with Crippen LogP contribution in [-0.4, -0.2) is 17.6 Å². The molecule has 1 aromatic carbocycles. The van der Waals surface area contributed by atoms with Crippen LogP contribution in [0.4, 0.5) is 0 Å². The second kappa shape index (κ2) is 3.55. The van der Waals surface area contributed by atoms with Crippen molar-refractivity contribution in [1.29, 1.82) is 0 Å². The Kier molecular flexibility index (Phi) is 2.15. The fraction of sp³-hybridized carbons (Fsp3) is 0.286. The SMILES string of the molecule is Cc1cc(C)c2cc3c(nc2c1)C(=O)OCC3. The average Bonchev–Trinajstić information content (AvgIpc) is 2.28. The lowest BCUT2D eigenvalue weighted by Gasteiger charge is -2.16. The van der Waals surface area contributed by atoms with E-state index in [-0.39, 0.29) is 5.97 Å². The summed E-state index contributed by atoms with van der Waals surface area (Å²) in [6, 6.07) is 6.22. The second-order valence-corrected chi connectivity index (χ2v) is 4.53. The van der Waals surface area contributed by atoms with Crippen molar-refractivity contribution in [3.63, 3.8) is 0 Å². The van der Waals surface area contributed by atoms with Crippen molar-refractivity contribution in [1.82, 2.24) is 4.98 Å². The lowest BCUT2D eigenvalue weighted by atomic mass is 10.0. The highest BCUT2D eigenvalue weighted by Crippen LogP contribution is 2.24. The quantitative estimate of drug-likeness (QED) is 0.649. The largest absolute Gasteiger partial charge is 0.461 e. The second-order valence-electron chi connectivity index (χ2n) is 4.53. The highest BCUT2D eigenvalue weighted by atomic mass is 16.5. The third kappa shape index (κ3) is 1.58. The Hall–Kier alpha value is -1.90. The normalized spacial score (nSPS) is 14.6. The molecule has 0 spiro atoms. The Morgan fingerprint density at radius 1 is 1.24 bits per heavy atom. The van der Waals surface area contributed by atoms with Crippen molar-refractivity contribution < 1.29 is 9.53 Å². The molecule has 1 aliphatic rings. The summed E-state index contributed by atoms with van der Waals surface area (Å²) in [5, 5.41) is 1.13. The van der Waals surface area contributed by atoms with Crippen LogP contribution in [0.25, 0.3) is 10.9 Å². The molecule has 0 unspecified atom stereocenters. The van der Waals surface area contributed by atoms with Crippen LogP contribution in [0.3, 0.4) is 0 Å². The summed E-state index contributed by atoms with van der Waals surface area (Å²) in [6.45, 7) is 4.57. The molecule has 3 rings (SSSR count). The van der Waals surface area contributed by atoms with Gasteiger partial charge in [0.2, 0.25) is 0 Å². The Labute approximate surface area is 99.4 Å².